The second-order valence-electron chi connectivity index (χ2n) is 5.11. The third kappa shape index (κ3) is 3.32. The maximum Gasteiger partial charge on any atom is 0.343 e. The molecule has 1 aromatic carbocycles. The van der Waals surface area contributed by atoms with Gasteiger partial charge in [-0.15, -0.1) is 5.10 Å². The molecule has 0 aliphatic heterocycles. The monoisotopic (exact) mass is 292 g/mol. The molecular weight excluding hydrogens is 272 g/mol. The molecule has 0 saturated heterocycles. The van der Waals surface area contributed by atoms with Crippen molar-refractivity contribution in [3.8, 4) is 0 Å². The van der Waals surface area contributed by atoms with Crippen LogP contribution in [0.25, 0.3) is 0 Å². The average Bonchev–Trinajstić information content (AvgIpc) is 2.76. The van der Waals surface area contributed by atoms with Crippen LogP contribution in [0, 0.1) is 0 Å². The molecule has 2 aromatic rings. The number of benzene rings is 1. The molecule has 0 amide bonds. The van der Waals surface area contributed by atoms with E-state index >= 15 is 0 Å². The van der Waals surface area contributed by atoms with Crippen LogP contribution < -0.4 is 11.4 Å². The summed E-state index contributed by atoms with van der Waals surface area (Å²) < 4.78 is 1.49. The molecular formula is C14H20N4OS. The molecule has 3 N–H and O–H groups in total. The lowest BCUT2D eigenvalue weighted by Crippen LogP contribution is -2.15. The molecule has 0 radical (unpaired) electrons. The highest BCUT2D eigenvalue weighted by Gasteiger charge is 2.11. The molecule has 1 aromatic heterocycles. The summed E-state index contributed by atoms with van der Waals surface area (Å²) in [5, 5.41) is 7.02. The molecule has 0 bridgehead atoms. The molecule has 0 saturated carbocycles. The van der Waals surface area contributed by atoms with Crippen LogP contribution in [0.15, 0.2) is 34.2 Å². The molecule has 20 heavy (non-hydrogen) atoms. The molecule has 6 heteroatoms. The molecule has 108 valence electrons. The third-order valence-electron chi connectivity index (χ3n) is 3.26. The highest BCUT2D eigenvalue weighted by Crippen LogP contribution is 2.22. The number of nitrogens with two attached hydrogens (primary N) is 1. The zero-order valence-corrected chi connectivity index (χ0v) is 12.8. The summed E-state index contributed by atoms with van der Waals surface area (Å²) in [6.45, 7) is 4.34. The van der Waals surface area contributed by atoms with Crippen molar-refractivity contribution in [2.75, 3.05) is 5.75 Å². The lowest BCUT2D eigenvalue weighted by molar-refractivity contribution is 0.759. The zero-order chi connectivity index (χ0) is 14.7. The number of nitrogens with zero attached hydrogens (tertiary/aromatic N) is 2. The third-order valence-corrected chi connectivity index (χ3v) is 4.41. The van der Waals surface area contributed by atoms with Gasteiger partial charge in [-0.2, -0.15) is 0 Å². The lowest BCUT2D eigenvalue weighted by Gasteiger charge is -2.13. The number of thioether (sulfide) groups is 1. The van der Waals surface area contributed by atoms with E-state index in [9.17, 15) is 4.79 Å². The maximum absolute atomic E-state index is 11.3. The number of aromatic nitrogens is 3. The minimum absolute atomic E-state index is 0.0759. The SMILES string of the molecule is CC(C)c1ccc(C(N)CSc2n[nH]c(=O)n2C)cc1. The number of hydrogen-bond donors (Lipinski definition) is 2. The van der Waals surface area contributed by atoms with E-state index in [1.807, 2.05) is 0 Å². The van der Waals surface area contributed by atoms with Crippen molar-refractivity contribution in [1.82, 2.24) is 14.8 Å². The van der Waals surface area contributed by atoms with E-state index in [0.29, 0.717) is 16.8 Å². The van der Waals surface area contributed by atoms with Gasteiger partial charge in [-0.05, 0) is 17.0 Å². The van der Waals surface area contributed by atoms with Crippen LogP contribution in [-0.4, -0.2) is 20.5 Å². The van der Waals surface area contributed by atoms with Crippen LogP contribution in [0.5, 0.6) is 0 Å². The standard InChI is InChI=1S/C14H20N4OS/c1-9(2)10-4-6-11(7-5-10)12(15)8-20-14-17-16-13(19)18(14)3/h4-7,9,12H,8,15H2,1-3H3,(H,16,19). The van der Waals surface area contributed by atoms with E-state index in [1.54, 1.807) is 7.05 Å². The van der Waals surface area contributed by atoms with Crippen LogP contribution in [0.3, 0.4) is 0 Å². The summed E-state index contributed by atoms with van der Waals surface area (Å²) in [5.74, 6) is 1.20. The zero-order valence-electron chi connectivity index (χ0n) is 12.0. The number of rotatable bonds is 5. The van der Waals surface area contributed by atoms with Gasteiger partial charge in [0.2, 0.25) is 0 Å². The predicted molar refractivity (Wildman–Crippen MR) is 82.0 cm³/mol. The van der Waals surface area contributed by atoms with Crippen LogP contribution in [0.4, 0.5) is 0 Å². The fraction of sp³-hybridized carbons (Fsp3) is 0.429. The van der Waals surface area contributed by atoms with Gasteiger partial charge < -0.3 is 5.73 Å². The fourth-order valence-corrected chi connectivity index (χ4v) is 2.76. The van der Waals surface area contributed by atoms with Gasteiger partial charge in [0.1, 0.15) is 0 Å². The first kappa shape index (κ1) is 14.9. The van der Waals surface area contributed by atoms with Gasteiger partial charge in [0, 0.05) is 18.8 Å². The van der Waals surface area contributed by atoms with Gasteiger partial charge in [0.25, 0.3) is 0 Å². The summed E-state index contributed by atoms with van der Waals surface area (Å²) in [6.07, 6.45) is 0. The van der Waals surface area contributed by atoms with Gasteiger partial charge in [-0.3, -0.25) is 4.57 Å². The van der Waals surface area contributed by atoms with E-state index in [0.717, 1.165) is 5.56 Å². The quantitative estimate of drug-likeness (QED) is 0.827. The Morgan fingerprint density at radius 2 is 1.90 bits per heavy atom. The second-order valence-corrected chi connectivity index (χ2v) is 6.10. The first-order valence-electron chi connectivity index (χ1n) is 6.58. The van der Waals surface area contributed by atoms with Gasteiger partial charge in [-0.25, -0.2) is 9.89 Å². The minimum atomic E-state index is -0.206. The molecule has 0 aliphatic rings. The summed E-state index contributed by atoms with van der Waals surface area (Å²) >= 11 is 1.48. The van der Waals surface area contributed by atoms with Gasteiger partial charge in [0.05, 0.1) is 0 Å². The van der Waals surface area contributed by atoms with Crippen LogP contribution in [-0.2, 0) is 7.05 Å². The lowest BCUT2D eigenvalue weighted by atomic mass is 10.00. The molecule has 1 heterocycles. The Morgan fingerprint density at radius 3 is 2.40 bits per heavy atom. The Balaban J connectivity index is 1.99. The maximum atomic E-state index is 11.3. The van der Waals surface area contributed by atoms with Crippen molar-refractivity contribution < 1.29 is 0 Å². The van der Waals surface area contributed by atoms with Crippen molar-refractivity contribution >= 4 is 11.8 Å². The smallest absolute Gasteiger partial charge is 0.323 e. The number of nitrogens with one attached hydrogen (secondary N) is 1. The first-order chi connectivity index (χ1) is 9.49. The molecule has 1 unspecified atom stereocenters. The van der Waals surface area contributed by atoms with Crippen LogP contribution in [0.1, 0.15) is 36.9 Å². The Kier molecular flexibility index (Phi) is 4.67. The first-order valence-corrected chi connectivity index (χ1v) is 7.57. The second kappa shape index (κ2) is 6.28. The van der Waals surface area contributed by atoms with Crippen molar-refractivity contribution in [3.05, 3.63) is 45.9 Å². The van der Waals surface area contributed by atoms with Crippen molar-refractivity contribution in [2.45, 2.75) is 31.0 Å². The fourth-order valence-electron chi connectivity index (χ4n) is 1.85. The molecule has 2 rings (SSSR count). The topological polar surface area (TPSA) is 76.7 Å². The predicted octanol–water partition coefficient (Wildman–Crippen LogP) is 2.02. The summed E-state index contributed by atoms with van der Waals surface area (Å²) in [5.41, 5.74) is 8.38. The van der Waals surface area contributed by atoms with Gasteiger partial charge in [-0.1, -0.05) is 49.9 Å². The van der Waals surface area contributed by atoms with E-state index in [4.69, 9.17) is 5.73 Å². The van der Waals surface area contributed by atoms with E-state index in [-0.39, 0.29) is 11.7 Å². The van der Waals surface area contributed by atoms with Crippen LogP contribution >= 0.6 is 11.8 Å². The average molecular weight is 292 g/mol. The van der Waals surface area contributed by atoms with Gasteiger partial charge >= 0.3 is 5.69 Å². The van der Waals surface area contributed by atoms with Gasteiger partial charge in [0.15, 0.2) is 5.16 Å². The Labute approximate surface area is 122 Å². The largest absolute Gasteiger partial charge is 0.343 e. The summed E-state index contributed by atoms with van der Waals surface area (Å²) in [4.78, 5) is 11.3. The normalized spacial score (nSPS) is 12.8. The number of aromatic amines is 1. The molecule has 1 atom stereocenters. The molecule has 5 nitrogen and oxygen atoms in total. The van der Waals surface area contributed by atoms with Crippen molar-refractivity contribution in [2.24, 2.45) is 12.8 Å². The Hall–Kier alpha value is -1.53. The minimum Gasteiger partial charge on any atom is -0.323 e. The highest BCUT2D eigenvalue weighted by molar-refractivity contribution is 7.99. The molecule has 0 aliphatic carbocycles. The van der Waals surface area contributed by atoms with Crippen molar-refractivity contribution in [1.29, 1.82) is 0 Å². The van der Waals surface area contributed by atoms with Crippen LogP contribution in [0.2, 0.25) is 0 Å². The van der Waals surface area contributed by atoms with E-state index in [2.05, 4.69) is 48.3 Å². The van der Waals surface area contributed by atoms with E-state index < -0.39 is 0 Å². The summed E-state index contributed by atoms with van der Waals surface area (Å²) in [7, 11) is 1.69. The number of H-pyrrole nitrogens is 1. The Morgan fingerprint density at radius 1 is 1.30 bits per heavy atom. The van der Waals surface area contributed by atoms with Crippen molar-refractivity contribution in [3.63, 3.8) is 0 Å². The van der Waals surface area contributed by atoms with E-state index in [1.165, 1.54) is 21.9 Å². The molecule has 0 fully saturated rings. The summed E-state index contributed by atoms with van der Waals surface area (Å²) in [6, 6.07) is 8.31. The molecule has 0 spiro atoms. The number of hydrogen-bond acceptors (Lipinski definition) is 4. The highest BCUT2D eigenvalue weighted by atomic mass is 32.2. The Bertz CT molecular complexity index is 615.